The molecule has 0 spiro atoms. The van der Waals surface area contributed by atoms with Crippen LogP contribution < -0.4 is 0 Å². The summed E-state index contributed by atoms with van der Waals surface area (Å²) < 4.78 is 23.9. The Morgan fingerprint density at radius 3 is 2.65 bits per heavy atom. The second-order valence-corrected chi connectivity index (χ2v) is 9.66. The van der Waals surface area contributed by atoms with Crippen LogP contribution in [-0.2, 0) is 21.2 Å². The van der Waals surface area contributed by atoms with Crippen LogP contribution in [0.3, 0.4) is 0 Å². The highest BCUT2D eigenvalue weighted by Crippen LogP contribution is 2.39. The minimum absolute atomic E-state index is 0.0255. The molecule has 124 valence electrons. The molecule has 0 unspecified atom stereocenters. The summed E-state index contributed by atoms with van der Waals surface area (Å²) in [6.45, 7) is 4.21. The number of fused-ring (bicyclic) bond motifs is 1. The highest BCUT2D eigenvalue weighted by atomic mass is 32.2. The molecule has 0 radical (unpaired) electrons. The molecular weight excluding hydrogens is 332 g/mol. The van der Waals surface area contributed by atoms with Gasteiger partial charge in [-0.05, 0) is 5.56 Å². The Bertz CT molecular complexity index is 729. The number of amides is 1. The number of carbonyl (C=O) groups is 1. The van der Waals surface area contributed by atoms with Crippen molar-refractivity contribution in [3.63, 3.8) is 0 Å². The predicted molar refractivity (Wildman–Crippen MR) is 93.1 cm³/mol. The fourth-order valence-electron chi connectivity index (χ4n) is 2.82. The minimum atomic E-state index is -3.00. The van der Waals surface area contributed by atoms with Crippen LogP contribution in [0.4, 0.5) is 0 Å². The van der Waals surface area contributed by atoms with Gasteiger partial charge in [0.25, 0.3) is 5.91 Å². The average Bonchev–Trinajstić information content (AvgIpc) is 2.93. The zero-order valence-electron chi connectivity index (χ0n) is 13.2. The first kappa shape index (κ1) is 16.5. The molecule has 2 atom stereocenters. The molecule has 2 aliphatic heterocycles. The van der Waals surface area contributed by atoms with E-state index in [1.165, 1.54) is 11.8 Å². The number of aliphatic imine (C=N–C) groups is 1. The fourth-order valence-corrected chi connectivity index (χ4v) is 6.78. The van der Waals surface area contributed by atoms with E-state index in [-0.39, 0.29) is 34.6 Å². The first-order valence-electron chi connectivity index (χ1n) is 7.66. The molecule has 5 nitrogen and oxygen atoms in total. The molecule has 1 aromatic rings. The highest BCUT2D eigenvalue weighted by molar-refractivity contribution is 8.15. The number of hydrogen-bond donors (Lipinski definition) is 0. The van der Waals surface area contributed by atoms with Gasteiger partial charge in [-0.1, -0.05) is 55.9 Å². The van der Waals surface area contributed by atoms with E-state index in [2.05, 4.69) is 4.99 Å². The lowest BCUT2D eigenvalue weighted by Crippen LogP contribution is -2.37. The predicted octanol–water partition coefficient (Wildman–Crippen LogP) is 1.94. The monoisotopic (exact) mass is 352 g/mol. The van der Waals surface area contributed by atoms with E-state index in [0.29, 0.717) is 11.7 Å². The second-order valence-electron chi connectivity index (χ2n) is 6.30. The minimum Gasteiger partial charge on any atom is -0.342 e. The smallest absolute Gasteiger partial charge is 0.250 e. The lowest BCUT2D eigenvalue weighted by molar-refractivity contribution is -0.120. The van der Waals surface area contributed by atoms with Crippen molar-refractivity contribution in [1.29, 1.82) is 0 Å². The molecule has 2 aliphatic rings. The van der Waals surface area contributed by atoms with E-state index in [9.17, 15) is 13.2 Å². The van der Waals surface area contributed by atoms with Crippen LogP contribution in [0.5, 0.6) is 0 Å². The quantitative estimate of drug-likeness (QED) is 0.832. The van der Waals surface area contributed by atoms with Crippen molar-refractivity contribution >= 4 is 32.7 Å². The lowest BCUT2D eigenvalue weighted by atomic mass is 10.1. The SMILES string of the molecule is CC(C)C(=O)N=C1S[C@@H]2CS(=O)(=O)C[C@H]2N1Cc1ccccc1. The zero-order chi connectivity index (χ0) is 16.6. The molecule has 0 N–H and O–H groups in total. The van der Waals surface area contributed by atoms with Gasteiger partial charge in [0.15, 0.2) is 15.0 Å². The molecule has 2 saturated heterocycles. The summed E-state index contributed by atoms with van der Waals surface area (Å²) in [6, 6.07) is 9.77. The van der Waals surface area contributed by atoms with E-state index in [4.69, 9.17) is 0 Å². The van der Waals surface area contributed by atoms with Crippen LogP contribution in [0, 0.1) is 5.92 Å². The maximum atomic E-state index is 12.0. The Balaban J connectivity index is 1.89. The first-order chi connectivity index (χ1) is 10.9. The van der Waals surface area contributed by atoms with Crippen LogP contribution >= 0.6 is 11.8 Å². The third kappa shape index (κ3) is 3.61. The maximum Gasteiger partial charge on any atom is 0.250 e. The van der Waals surface area contributed by atoms with Gasteiger partial charge in [0.1, 0.15) is 0 Å². The Morgan fingerprint density at radius 1 is 1.30 bits per heavy atom. The van der Waals surface area contributed by atoms with Gasteiger partial charge < -0.3 is 4.90 Å². The van der Waals surface area contributed by atoms with E-state index in [0.717, 1.165) is 5.56 Å². The summed E-state index contributed by atoms with van der Waals surface area (Å²) >= 11 is 1.43. The van der Waals surface area contributed by atoms with E-state index < -0.39 is 9.84 Å². The summed E-state index contributed by atoms with van der Waals surface area (Å²) in [5.41, 5.74) is 1.09. The summed E-state index contributed by atoms with van der Waals surface area (Å²) in [7, 11) is -3.00. The van der Waals surface area contributed by atoms with Crippen molar-refractivity contribution in [2.45, 2.75) is 31.7 Å². The number of benzene rings is 1. The standard InChI is InChI=1S/C16H20N2O3S2/c1-11(2)15(19)17-16-18(8-12-6-4-3-5-7-12)13-9-23(20,21)10-14(13)22-16/h3-7,11,13-14H,8-10H2,1-2H3/t13-,14-/m1/s1. The van der Waals surface area contributed by atoms with Crippen molar-refractivity contribution in [3.8, 4) is 0 Å². The van der Waals surface area contributed by atoms with Crippen molar-refractivity contribution in [2.75, 3.05) is 11.5 Å². The van der Waals surface area contributed by atoms with Gasteiger partial charge in [0.2, 0.25) is 0 Å². The number of rotatable bonds is 3. The molecule has 0 aliphatic carbocycles. The molecule has 2 fully saturated rings. The van der Waals surface area contributed by atoms with Crippen molar-refractivity contribution in [1.82, 2.24) is 4.90 Å². The van der Waals surface area contributed by atoms with Crippen LogP contribution in [-0.4, -0.2) is 47.2 Å². The first-order valence-corrected chi connectivity index (χ1v) is 10.4. The summed E-state index contributed by atoms with van der Waals surface area (Å²) in [6.07, 6.45) is 0. The average molecular weight is 352 g/mol. The van der Waals surface area contributed by atoms with Crippen LogP contribution in [0.2, 0.25) is 0 Å². The number of thioether (sulfide) groups is 1. The lowest BCUT2D eigenvalue weighted by Gasteiger charge is -2.24. The largest absolute Gasteiger partial charge is 0.342 e. The van der Waals surface area contributed by atoms with Gasteiger partial charge in [-0.2, -0.15) is 4.99 Å². The Labute approximate surface area is 141 Å². The molecular formula is C16H20N2O3S2. The third-order valence-corrected chi connectivity index (χ3v) is 7.32. The number of carbonyl (C=O) groups excluding carboxylic acids is 1. The number of hydrogen-bond acceptors (Lipinski definition) is 4. The van der Waals surface area contributed by atoms with Gasteiger partial charge >= 0.3 is 0 Å². The Morgan fingerprint density at radius 2 is 2.00 bits per heavy atom. The zero-order valence-corrected chi connectivity index (χ0v) is 14.8. The molecule has 0 saturated carbocycles. The number of sulfone groups is 1. The van der Waals surface area contributed by atoms with Gasteiger partial charge in [0.05, 0.1) is 17.5 Å². The van der Waals surface area contributed by atoms with Crippen molar-refractivity contribution < 1.29 is 13.2 Å². The molecule has 1 aromatic carbocycles. The maximum absolute atomic E-state index is 12.0. The fraction of sp³-hybridized carbons (Fsp3) is 0.500. The van der Waals surface area contributed by atoms with Gasteiger partial charge in [0, 0.05) is 17.7 Å². The second kappa shape index (κ2) is 6.28. The third-order valence-electron chi connectivity index (χ3n) is 4.07. The van der Waals surface area contributed by atoms with Crippen molar-refractivity contribution in [3.05, 3.63) is 35.9 Å². The number of nitrogens with zero attached hydrogens (tertiary/aromatic N) is 2. The molecule has 0 bridgehead atoms. The van der Waals surface area contributed by atoms with E-state index in [1.54, 1.807) is 0 Å². The molecule has 23 heavy (non-hydrogen) atoms. The normalized spacial score (nSPS) is 27.6. The Kier molecular flexibility index (Phi) is 4.51. The summed E-state index contributed by atoms with van der Waals surface area (Å²) in [4.78, 5) is 18.2. The van der Waals surface area contributed by atoms with Crippen molar-refractivity contribution in [2.24, 2.45) is 10.9 Å². The van der Waals surface area contributed by atoms with E-state index >= 15 is 0 Å². The van der Waals surface area contributed by atoms with Crippen LogP contribution in [0.15, 0.2) is 35.3 Å². The van der Waals surface area contributed by atoms with Crippen LogP contribution in [0.1, 0.15) is 19.4 Å². The molecule has 3 rings (SSSR count). The summed E-state index contributed by atoms with van der Waals surface area (Å²) in [5, 5.41) is 0.639. The van der Waals surface area contributed by atoms with Gasteiger partial charge in [-0.25, -0.2) is 8.42 Å². The van der Waals surface area contributed by atoms with Crippen LogP contribution in [0.25, 0.3) is 0 Å². The van der Waals surface area contributed by atoms with Gasteiger partial charge in [-0.15, -0.1) is 0 Å². The number of amidine groups is 1. The van der Waals surface area contributed by atoms with Gasteiger partial charge in [-0.3, -0.25) is 4.79 Å². The molecule has 2 heterocycles. The molecule has 0 aromatic heterocycles. The summed E-state index contributed by atoms with van der Waals surface area (Å²) in [5.74, 6) is -0.00576. The molecule has 1 amide bonds. The highest BCUT2D eigenvalue weighted by Gasteiger charge is 2.48. The Hall–Kier alpha value is -1.34. The molecule has 7 heteroatoms. The van der Waals surface area contributed by atoms with E-state index in [1.807, 2.05) is 49.1 Å². The topological polar surface area (TPSA) is 66.8 Å².